The zero-order valence-corrected chi connectivity index (χ0v) is 25.0. The summed E-state index contributed by atoms with van der Waals surface area (Å²) >= 11 is 3.31. The molecule has 0 unspecified atom stereocenters. The minimum absolute atomic E-state index is 0.00643. The van der Waals surface area contributed by atoms with Crippen molar-refractivity contribution in [2.24, 2.45) is 0 Å². The molecule has 40 heavy (non-hydrogen) atoms. The largest absolute Gasteiger partial charge is 0.325 e. The number of hydrogen-bond donors (Lipinski definition) is 2. The average Bonchev–Trinajstić information content (AvgIpc) is 2.93. The van der Waals surface area contributed by atoms with E-state index in [4.69, 9.17) is 0 Å². The van der Waals surface area contributed by atoms with Crippen molar-refractivity contribution in [1.82, 2.24) is 0 Å². The number of nitrogens with zero attached hydrogens (tertiary/aromatic N) is 1. The maximum Gasteiger partial charge on any atom is 0.264 e. The van der Waals surface area contributed by atoms with Gasteiger partial charge in [-0.1, -0.05) is 60.1 Å². The van der Waals surface area contributed by atoms with Crippen LogP contribution in [0.3, 0.4) is 0 Å². The number of nitrogens with one attached hydrogen (secondary N) is 2. The van der Waals surface area contributed by atoms with Gasteiger partial charge in [0.2, 0.25) is 5.91 Å². The Bertz CT molecular complexity index is 1680. The third-order valence-corrected chi connectivity index (χ3v) is 9.72. The molecule has 2 N–H and O–H groups in total. The highest BCUT2D eigenvalue weighted by Crippen LogP contribution is 2.26. The van der Waals surface area contributed by atoms with Crippen molar-refractivity contribution in [3.63, 3.8) is 0 Å². The van der Waals surface area contributed by atoms with Crippen molar-refractivity contribution in [1.29, 1.82) is 0 Å². The molecule has 0 aliphatic carbocycles. The second-order valence-corrected chi connectivity index (χ2v) is 13.7. The molecular weight excluding hydrogens is 614 g/mol. The first kappa shape index (κ1) is 29.3. The summed E-state index contributed by atoms with van der Waals surface area (Å²) < 4.78 is 56.9. The monoisotopic (exact) mass is 641 g/mol. The molecule has 0 saturated heterocycles. The SMILES string of the molecule is CC(C)c1ccc(N(CC(=O)Nc2ccc(S(=O)(=O)Nc3ccc(Br)cc3)cc2)S(=O)(=O)c2ccccc2)cc1. The standard InChI is InChI=1S/C29H28BrN3O5S2/c1-21(2)22-8-16-26(17-9-22)33(40(37,38)28-6-4-3-5-7-28)20-29(34)31-24-14-18-27(19-15-24)39(35,36)32-25-12-10-23(30)11-13-25/h3-19,21,32H,20H2,1-2H3,(H,31,34). The Morgan fingerprint density at radius 2 is 1.32 bits per heavy atom. The summed E-state index contributed by atoms with van der Waals surface area (Å²) in [7, 11) is -7.90. The highest BCUT2D eigenvalue weighted by molar-refractivity contribution is 9.10. The van der Waals surface area contributed by atoms with Gasteiger partial charge in [-0.05, 0) is 84.3 Å². The molecule has 4 aromatic rings. The zero-order valence-electron chi connectivity index (χ0n) is 21.8. The second-order valence-electron chi connectivity index (χ2n) is 9.26. The van der Waals surface area contributed by atoms with Crippen LogP contribution in [0, 0.1) is 0 Å². The predicted octanol–water partition coefficient (Wildman–Crippen LogP) is 6.21. The van der Waals surface area contributed by atoms with Crippen LogP contribution in [-0.4, -0.2) is 29.3 Å². The lowest BCUT2D eigenvalue weighted by Gasteiger charge is -2.24. The van der Waals surface area contributed by atoms with Gasteiger partial charge in [-0.25, -0.2) is 16.8 Å². The molecule has 0 spiro atoms. The van der Waals surface area contributed by atoms with E-state index in [1.807, 2.05) is 26.0 Å². The number of benzene rings is 4. The third-order valence-electron chi connectivity index (χ3n) is 6.01. The topological polar surface area (TPSA) is 113 Å². The first-order chi connectivity index (χ1) is 19.0. The van der Waals surface area contributed by atoms with Crippen LogP contribution in [0.1, 0.15) is 25.3 Å². The van der Waals surface area contributed by atoms with Crippen molar-refractivity contribution in [3.8, 4) is 0 Å². The quantitative estimate of drug-likeness (QED) is 0.214. The van der Waals surface area contributed by atoms with Gasteiger partial charge in [0.15, 0.2) is 0 Å². The number of hydrogen-bond acceptors (Lipinski definition) is 5. The van der Waals surface area contributed by atoms with E-state index in [9.17, 15) is 21.6 Å². The van der Waals surface area contributed by atoms with Gasteiger partial charge < -0.3 is 5.32 Å². The number of carbonyl (C=O) groups excluding carboxylic acids is 1. The van der Waals surface area contributed by atoms with Crippen LogP contribution < -0.4 is 14.3 Å². The molecule has 11 heteroatoms. The van der Waals surface area contributed by atoms with Crippen LogP contribution >= 0.6 is 15.9 Å². The lowest BCUT2D eigenvalue weighted by Crippen LogP contribution is -2.38. The van der Waals surface area contributed by atoms with E-state index in [0.29, 0.717) is 17.1 Å². The van der Waals surface area contributed by atoms with Crippen molar-refractivity contribution in [3.05, 3.63) is 113 Å². The highest BCUT2D eigenvalue weighted by Gasteiger charge is 2.27. The molecule has 0 aliphatic rings. The molecule has 0 saturated carbocycles. The Labute approximate surface area is 243 Å². The van der Waals surface area contributed by atoms with Crippen LogP contribution in [0.25, 0.3) is 0 Å². The molecular formula is C29H28BrN3O5S2. The van der Waals surface area contributed by atoms with Crippen LogP contribution in [0.15, 0.2) is 117 Å². The fourth-order valence-corrected chi connectivity index (χ4v) is 6.61. The van der Waals surface area contributed by atoms with E-state index in [2.05, 4.69) is 26.0 Å². The maximum absolute atomic E-state index is 13.5. The van der Waals surface area contributed by atoms with E-state index < -0.39 is 32.5 Å². The van der Waals surface area contributed by atoms with E-state index in [1.54, 1.807) is 54.6 Å². The van der Waals surface area contributed by atoms with E-state index >= 15 is 0 Å². The normalized spacial score (nSPS) is 11.7. The van der Waals surface area contributed by atoms with Gasteiger partial charge in [0.25, 0.3) is 20.0 Å². The Hall–Kier alpha value is -3.67. The van der Waals surface area contributed by atoms with Gasteiger partial charge in [-0.3, -0.25) is 13.8 Å². The minimum atomic E-state index is -4.05. The van der Waals surface area contributed by atoms with E-state index in [0.717, 1.165) is 14.3 Å². The number of halogens is 1. The Kier molecular flexibility index (Phi) is 8.97. The fraction of sp³-hybridized carbons (Fsp3) is 0.138. The summed E-state index contributed by atoms with van der Waals surface area (Å²) in [6, 6.07) is 27.3. The molecule has 0 fully saturated rings. The molecule has 0 aliphatic heterocycles. The van der Waals surface area contributed by atoms with Crippen molar-refractivity contribution in [2.45, 2.75) is 29.6 Å². The molecule has 208 valence electrons. The summed E-state index contributed by atoms with van der Waals surface area (Å²) in [6.45, 7) is 3.59. The van der Waals surface area contributed by atoms with Crippen LogP contribution in [0.4, 0.5) is 17.1 Å². The molecule has 4 rings (SSSR count). The third kappa shape index (κ3) is 7.09. The van der Waals surface area contributed by atoms with Crippen LogP contribution in [0.2, 0.25) is 0 Å². The lowest BCUT2D eigenvalue weighted by atomic mass is 10.0. The second kappa shape index (κ2) is 12.2. The van der Waals surface area contributed by atoms with Gasteiger partial charge in [0.05, 0.1) is 15.5 Å². The first-order valence-corrected chi connectivity index (χ1v) is 16.0. The minimum Gasteiger partial charge on any atom is -0.325 e. The van der Waals surface area contributed by atoms with Crippen molar-refractivity contribution < 1.29 is 21.6 Å². The van der Waals surface area contributed by atoms with E-state index in [1.165, 1.54) is 36.4 Å². The Balaban J connectivity index is 1.53. The smallest absolute Gasteiger partial charge is 0.264 e. The van der Waals surface area contributed by atoms with Gasteiger partial charge >= 0.3 is 0 Å². The summed E-state index contributed by atoms with van der Waals surface area (Å²) in [4.78, 5) is 13.1. The Morgan fingerprint density at radius 1 is 0.750 bits per heavy atom. The number of carbonyl (C=O) groups is 1. The maximum atomic E-state index is 13.5. The number of sulfonamides is 2. The number of rotatable bonds is 10. The number of anilines is 3. The Morgan fingerprint density at radius 3 is 1.90 bits per heavy atom. The van der Waals surface area contributed by atoms with Crippen molar-refractivity contribution in [2.75, 3.05) is 20.9 Å². The molecule has 4 aromatic carbocycles. The molecule has 0 heterocycles. The summed E-state index contributed by atoms with van der Waals surface area (Å²) in [5.41, 5.74) is 2.11. The zero-order chi connectivity index (χ0) is 28.9. The highest BCUT2D eigenvalue weighted by atomic mass is 79.9. The van der Waals surface area contributed by atoms with Gasteiger partial charge in [-0.15, -0.1) is 0 Å². The van der Waals surface area contributed by atoms with Gasteiger partial charge in [0.1, 0.15) is 6.54 Å². The van der Waals surface area contributed by atoms with E-state index in [-0.39, 0.29) is 15.7 Å². The molecule has 0 radical (unpaired) electrons. The molecule has 8 nitrogen and oxygen atoms in total. The fourth-order valence-electron chi connectivity index (χ4n) is 3.84. The lowest BCUT2D eigenvalue weighted by molar-refractivity contribution is -0.114. The predicted molar refractivity (Wildman–Crippen MR) is 162 cm³/mol. The molecule has 1 amide bonds. The van der Waals surface area contributed by atoms with Crippen molar-refractivity contribution >= 4 is 58.9 Å². The first-order valence-electron chi connectivity index (χ1n) is 12.3. The molecule has 0 atom stereocenters. The van der Waals surface area contributed by atoms with Crippen LogP contribution in [-0.2, 0) is 24.8 Å². The van der Waals surface area contributed by atoms with Crippen LogP contribution in [0.5, 0.6) is 0 Å². The average molecular weight is 643 g/mol. The molecule has 0 aromatic heterocycles. The summed E-state index contributed by atoms with van der Waals surface area (Å²) in [5, 5.41) is 2.66. The summed E-state index contributed by atoms with van der Waals surface area (Å²) in [6.07, 6.45) is 0. The van der Waals surface area contributed by atoms with Gasteiger partial charge in [-0.2, -0.15) is 0 Å². The summed E-state index contributed by atoms with van der Waals surface area (Å²) in [5.74, 6) is -0.329. The molecule has 0 bridgehead atoms. The van der Waals surface area contributed by atoms with Gasteiger partial charge in [0, 0.05) is 15.8 Å². The number of amides is 1.